The maximum absolute atomic E-state index is 12.9. The second-order valence-corrected chi connectivity index (χ2v) is 4.84. The predicted octanol–water partition coefficient (Wildman–Crippen LogP) is 4.98. The highest BCUT2D eigenvalue weighted by atomic mass is 79.9. The van der Waals surface area contributed by atoms with Crippen molar-refractivity contribution in [1.82, 2.24) is 0 Å². The molecule has 2 aromatic carbocycles. The number of alkyl halides is 3. The van der Waals surface area contributed by atoms with E-state index in [1.54, 1.807) is 0 Å². The zero-order valence-electron chi connectivity index (χ0n) is 9.84. The van der Waals surface area contributed by atoms with Gasteiger partial charge in [-0.25, -0.2) is 4.39 Å². The molecule has 0 bridgehead atoms. The Morgan fingerprint density at radius 1 is 1.00 bits per heavy atom. The van der Waals surface area contributed by atoms with Gasteiger partial charge in [-0.3, -0.25) is 0 Å². The number of halogens is 5. The maximum Gasteiger partial charge on any atom is 0.419 e. The van der Waals surface area contributed by atoms with Gasteiger partial charge < -0.3 is 10.5 Å². The van der Waals surface area contributed by atoms with Gasteiger partial charge in [-0.15, -0.1) is 0 Å². The van der Waals surface area contributed by atoms with Crippen molar-refractivity contribution in [3.05, 3.63) is 52.3 Å². The summed E-state index contributed by atoms with van der Waals surface area (Å²) in [5.41, 5.74) is 4.48. The van der Waals surface area contributed by atoms with Gasteiger partial charge in [0.1, 0.15) is 11.6 Å². The van der Waals surface area contributed by atoms with E-state index in [4.69, 9.17) is 10.5 Å². The fourth-order valence-electron chi connectivity index (χ4n) is 1.55. The molecule has 0 aromatic heterocycles. The van der Waals surface area contributed by atoms with E-state index in [0.29, 0.717) is 4.47 Å². The van der Waals surface area contributed by atoms with Crippen LogP contribution in [0, 0.1) is 5.82 Å². The van der Waals surface area contributed by atoms with Crippen LogP contribution in [-0.2, 0) is 6.18 Å². The minimum atomic E-state index is -4.56. The van der Waals surface area contributed by atoms with Crippen LogP contribution in [0.1, 0.15) is 5.56 Å². The molecular weight excluding hydrogens is 342 g/mol. The molecule has 20 heavy (non-hydrogen) atoms. The van der Waals surface area contributed by atoms with E-state index in [2.05, 4.69) is 15.9 Å². The minimum Gasteiger partial charge on any atom is -0.455 e. The average molecular weight is 350 g/mol. The van der Waals surface area contributed by atoms with Crippen molar-refractivity contribution in [2.45, 2.75) is 6.18 Å². The second kappa shape index (κ2) is 5.32. The van der Waals surface area contributed by atoms with Crippen molar-refractivity contribution in [2.75, 3.05) is 5.73 Å². The van der Waals surface area contributed by atoms with Gasteiger partial charge in [-0.05, 0) is 30.3 Å². The van der Waals surface area contributed by atoms with Crippen LogP contribution in [0.2, 0.25) is 0 Å². The van der Waals surface area contributed by atoms with E-state index in [9.17, 15) is 17.6 Å². The molecule has 0 fully saturated rings. The fourth-order valence-corrected chi connectivity index (χ4v) is 1.89. The summed E-state index contributed by atoms with van der Waals surface area (Å²) in [4.78, 5) is 0. The van der Waals surface area contributed by atoms with Crippen molar-refractivity contribution < 1.29 is 22.3 Å². The highest BCUT2D eigenvalue weighted by Gasteiger charge is 2.34. The number of anilines is 1. The van der Waals surface area contributed by atoms with Gasteiger partial charge in [0.25, 0.3) is 0 Å². The number of nitrogen functional groups attached to an aromatic ring is 1. The monoisotopic (exact) mass is 349 g/mol. The first kappa shape index (κ1) is 14.6. The molecule has 0 radical (unpaired) electrons. The van der Waals surface area contributed by atoms with Crippen LogP contribution in [0.15, 0.2) is 40.9 Å². The van der Waals surface area contributed by atoms with E-state index in [1.165, 1.54) is 18.2 Å². The summed E-state index contributed by atoms with van der Waals surface area (Å²) in [6.07, 6.45) is -4.56. The molecule has 0 heterocycles. The molecule has 0 spiro atoms. The molecule has 2 rings (SSSR count). The third-order valence-corrected chi connectivity index (χ3v) is 2.93. The second-order valence-electron chi connectivity index (χ2n) is 3.92. The van der Waals surface area contributed by atoms with E-state index < -0.39 is 23.3 Å². The molecule has 2 aromatic rings. The van der Waals surface area contributed by atoms with Crippen molar-refractivity contribution in [1.29, 1.82) is 0 Å². The largest absolute Gasteiger partial charge is 0.455 e. The van der Waals surface area contributed by atoms with Gasteiger partial charge in [-0.1, -0.05) is 15.9 Å². The Morgan fingerprint density at radius 2 is 1.70 bits per heavy atom. The van der Waals surface area contributed by atoms with E-state index in [0.717, 1.165) is 18.2 Å². The van der Waals surface area contributed by atoms with Gasteiger partial charge in [0.15, 0.2) is 5.75 Å². The zero-order chi connectivity index (χ0) is 14.9. The van der Waals surface area contributed by atoms with Crippen LogP contribution in [0.4, 0.5) is 23.2 Å². The van der Waals surface area contributed by atoms with Crippen LogP contribution in [0.5, 0.6) is 11.5 Å². The summed E-state index contributed by atoms with van der Waals surface area (Å²) in [5, 5.41) is 0. The Morgan fingerprint density at radius 3 is 2.30 bits per heavy atom. The Kier molecular flexibility index (Phi) is 3.89. The molecule has 7 heteroatoms. The number of rotatable bonds is 2. The number of hydrogen-bond donors (Lipinski definition) is 1. The molecule has 0 atom stereocenters. The summed E-state index contributed by atoms with van der Waals surface area (Å²) in [5.74, 6) is -1.06. The fraction of sp³-hybridized carbons (Fsp3) is 0.0769. The summed E-state index contributed by atoms with van der Waals surface area (Å²) < 4.78 is 57.1. The summed E-state index contributed by atoms with van der Waals surface area (Å²) in [6, 6.07) is 6.51. The van der Waals surface area contributed by atoms with Crippen molar-refractivity contribution in [2.24, 2.45) is 0 Å². The van der Waals surface area contributed by atoms with Crippen LogP contribution in [0.3, 0.4) is 0 Å². The lowest BCUT2D eigenvalue weighted by atomic mass is 10.2. The maximum atomic E-state index is 12.9. The third-order valence-electron chi connectivity index (χ3n) is 2.44. The Balaban J connectivity index is 2.45. The molecule has 106 valence electrons. The predicted molar refractivity (Wildman–Crippen MR) is 70.0 cm³/mol. The smallest absolute Gasteiger partial charge is 0.419 e. The number of ether oxygens (including phenoxy) is 1. The van der Waals surface area contributed by atoms with Crippen LogP contribution in [0.25, 0.3) is 0 Å². The third kappa shape index (κ3) is 3.22. The topological polar surface area (TPSA) is 35.2 Å². The van der Waals surface area contributed by atoms with Gasteiger partial charge in [-0.2, -0.15) is 13.2 Å². The van der Waals surface area contributed by atoms with E-state index in [1.807, 2.05) is 0 Å². The normalized spacial score (nSPS) is 11.4. The SMILES string of the molecule is Nc1cc(F)ccc1Oc1cc(Br)ccc1C(F)(F)F. The molecule has 0 aliphatic heterocycles. The van der Waals surface area contributed by atoms with Crippen LogP contribution in [-0.4, -0.2) is 0 Å². The highest BCUT2D eigenvalue weighted by Crippen LogP contribution is 2.40. The number of benzene rings is 2. The van der Waals surface area contributed by atoms with Crippen molar-refractivity contribution >= 4 is 21.6 Å². The molecule has 0 saturated heterocycles. The molecule has 0 saturated carbocycles. The lowest BCUT2D eigenvalue weighted by Gasteiger charge is -2.15. The molecule has 0 unspecified atom stereocenters. The standard InChI is InChI=1S/C13H8BrF4NO/c14-7-1-3-9(13(16,17)18)12(5-7)20-11-4-2-8(15)6-10(11)19/h1-6H,19H2. The van der Waals surface area contributed by atoms with Gasteiger partial charge in [0.05, 0.1) is 11.3 Å². The Hall–Kier alpha value is -1.76. The molecule has 2 N–H and O–H groups in total. The van der Waals surface area contributed by atoms with Crippen LogP contribution >= 0.6 is 15.9 Å². The first-order chi connectivity index (χ1) is 9.27. The van der Waals surface area contributed by atoms with Crippen LogP contribution < -0.4 is 10.5 Å². The van der Waals surface area contributed by atoms with Gasteiger partial charge in [0.2, 0.25) is 0 Å². The molecule has 0 aliphatic carbocycles. The highest BCUT2D eigenvalue weighted by molar-refractivity contribution is 9.10. The van der Waals surface area contributed by atoms with Gasteiger partial charge >= 0.3 is 6.18 Å². The number of hydrogen-bond acceptors (Lipinski definition) is 2. The molecule has 2 nitrogen and oxygen atoms in total. The first-order valence-corrected chi connectivity index (χ1v) is 6.16. The van der Waals surface area contributed by atoms with E-state index in [-0.39, 0.29) is 11.4 Å². The van der Waals surface area contributed by atoms with Crippen molar-refractivity contribution in [3.8, 4) is 11.5 Å². The number of nitrogens with two attached hydrogens (primary N) is 1. The molecular formula is C13H8BrF4NO. The average Bonchev–Trinajstić information content (AvgIpc) is 2.31. The Labute approximate surface area is 120 Å². The first-order valence-electron chi connectivity index (χ1n) is 5.37. The van der Waals surface area contributed by atoms with Gasteiger partial charge in [0, 0.05) is 10.5 Å². The minimum absolute atomic E-state index is 0.0463. The van der Waals surface area contributed by atoms with E-state index >= 15 is 0 Å². The zero-order valence-corrected chi connectivity index (χ0v) is 11.4. The Bertz CT molecular complexity index is 643. The molecule has 0 aliphatic rings. The summed E-state index contributed by atoms with van der Waals surface area (Å²) in [7, 11) is 0. The summed E-state index contributed by atoms with van der Waals surface area (Å²) >= 11 is 3.07. The lowest BCUT2D eigenvalue weighted by molar-refractivity contribution is -0.138. The van der Waals surface area contributed by atoms with Crippen molar-refractivity contribution in [3.63, 3.8) is 0 Å². The summed E-state index contributed by atoms with van der Waals surface area (Å²) in [6.45, 7) is 0. The quantitative estimate of drug-likeness (QED) is 0.612. The molecule has 0 amide bonds. The lowest BCUT2D eigenvalue weighted by Crippen LogP contribution is -2.07.